The Morgan fingerprint density at radius 1 is 0.398 bits per heavy atom. The van der Waals surface area contributed by atoms with E-state index < -0.39 is 71.8 Å². The van der Waals surface area contributed by atoms with Crippen LogP contribution in [0, 0.1) is 23.3 Å². The van der Waals surface area contributed by atoms with Crippen LogP contribution in [0.5, 0.6) is 0 Å². The fourth-order valence-corrected chi connectivity index (χ4v) is 15.6. The van der Waals surface area contributed by atoms with Crippen molar-refractivity contribution >= 4 is 211 Å². The highest BCUT2D eigenvalue weighted by Gasteiger charge is 2.42. The quantitative estimate of drug-likeness (QED) is 0.0361. The molecule has 10 heterocycles. The summed E-state index contributed by atoms with van der Waals surface area (Å²) in [5.41, 5.74) is 8.39. The second kappa shape index (κ2) is 33.5. The van der Waals surface area contributed by atoms with Crippen molar-refractivity contribution in [1.29, 1.82) is 0 Å². The second-order valence-corrected chi connectivity index (χ2v) is 30.0. The number of aromatic amines is 5. The fourth-order valence-electron chi connectivity index (χ4n) is 13.5. The Labute approximate surface area is 680 Å². The Kier molecular flexibility index (Phi) is 23.8. The molecule has 0 aliphatic carbocycles. The molecule has 5 fully saturated rings. The first kappa shape index (κ1) is 80.2. The van der Waals surface area contributed by atoms with Gasteiger partial charge in [-0.05, 0) is 128 Å². The Morgan fingerprint density at radius 3 is 1.24 bits per heavy atom. The Balaban J connectivity index is 0.000000124. The molecular formula is C76H59BrCl7F4N15O10. The normalized spacial score (nSPS) is 18.0. The summed E-state index contributed by atoms with van der Waals surface area (Å²) in [4.78, 5) is 138. The summed E-state index contributed by atoms with van der Waals surface area (Å²) >= 11 is 45.6. The highest BCUT2D eigenvalue weighted by atomic mass is 79.9. The van der Waals surface area contributed by atoms with Gasteiger partial charge in [-0.25, -0.2) is 41.5 Å². The maximum Gasteiger partial charge on any atom is 0.325 e. The van der Waals surface area contributed by atoms with Crippen LogP contribution in [0.1, 0.15) is 38.9 Å². The summed E-state index contributed by atoms with van der Waals surface area (Å²) < 4.78 is 54.2. The van der Waals surface area contributed by atoms with Gasteiger partial charge in [0.15, 0.2) is 0 Å². The molecule has 5 aromatic heterocycles. The number of rotatable bonds is 14. The third-order valence-corrected chi connectivity index (χ3v) is 22.3. The van der Waals surface area contributed by atoms with Crippen LogP contribution >= 0.6 is 97.1 Å². The van der Waals surface area contributed by atoms with Gasteiger partial charge >= 0.3 is 30.2 Å². The zero-order valence-electron chi connectivity index (χ0n) is 58.5. The van der Waals surface area contributed by atoms with Gasteiger partial charge in [-0.2, -0.15) is 0 Å². The first-order chi connectivity index (χ1) is 53.9. The number of carbonyl (C=O) groups excluding carboxylic acids is 10. The number of hydrogen-bond donors (Lipinski definition) is 11. The van der Waals surface area contributed by atoms with Crippen molar-refractivity contribution < 1.29 is 65.5 Å². The lowest BCUT2D eigenvalue weighted by molar-refractivity contribution is -0.128. The van der Waals surface area contributed by atoms with E-state index in [9.17, 15) is 65.5 Å². The number of aromatic nitrogens is 5. The lowest BCUT2D eigenvalue weighted by atomic mass is 10.0. The summed E-state index contributed by atoms with van der Waals surface area (Å²) in [5.74, 6) is -3.48. The number of carbonyl (C=O) groups is 10. The highest BCUT2D eigenvalue weighted by Crippen LogP contribution is 2.37. The Morgan fingerprint density at radius 2 is 0.805 bits per heavy atom. The summed E-state index contributed by atoms with van der Waals surface area (Å²) in [7, 11) is 2.92. The van der Waals surface area contributed by atoms with Gasteiger partial charge in [0.2, 0.25) is 0 Å². The summed E-state index contributed by atoms with van der Waals surface area (Å²) in [6, 6.07) is 26.9. The van der Waals surface area contributed by atoms with E-state index in [2.05, 4.69) is 72.8 Å². The number of amides is 15. The minimum absolute atomic E-state index is 0.00289. The average Bonchev–Trinajstić information content (AvgIpc) is 1.67. The average molecular weight is 1750 g/mol. The number of para-hydroxylation sites is 2. The molecule has 7 aromatic carbocycles. The summed E-state index contributed by atoms with van der Waals surface area (Å²) in [5, 5.41) is 21.5. The lowest BCUT2D eigenvalue weighted by Gasteiger charge is -2.13. The molecule has 12 aromatic rings. The molecule has 15 amide bonds. The van der Waals surface area contributed by atoms with E-state index in [0.717, 1.165) is 90.2 Å². The number of likely N-dealkylation sites (N-methyl/N-ethyl adjacent to an activating group) is 2. The molecule has 113 heavy (non-hydrogen) atoms. The third-order valence-electron chi connectivity index (χ3n) is 19.3. The van der Waals surface area contributed by atoms with Crippen LogP contribution in [-0.4, -0.2) is 149 Å². The van der Waals surface area contributed by atoms with Gasteiger partial charge in [-0.1, -0.05) is 130 Å². The maximum atomic E-state index is 13.6. The number of imide groups is 5. The molecule has 5 aliphatic heterocycles. The van der Waals surface area contributed by atoms with E-state index in [-0.39, 0.29) is 82.4 Å². The number of hydrogen-bond acceptors (Lipinski definition) is 10. The summed E-state index contributed by atoms with van der Waals surface area (Å²) in [6.45, 7) is 0.207. The van der Waals surface area contributed by atoms with Crippen LogP contribution < -0.4 is 31.9 Å². The lowest BCUT2D eigenvalue weighted by Crippen LogP contribution is -2.32. The van der Waals surface area contributed by atoms with Crippen LogP contribution in [0.3, 0.4) is 0 Å². The molecule has 582 valence electrons. The third kappa shape index (κ3) is 16.8. The topological polar surface area (TPSA) is 335 Å². The molecule has 0 spiro atoms. The predicted octanol–water partition coefficient (Wildman–Crippen LogP) is 15.0. The monoisotopic (exact) mass is 1740 g/mol. The van der Waals surface area contributed by atoms with E-state index in [1.165, 1.54) is 56.6 Å². The molecular weight excluding hydrogens is 1690 g/mol. The van der Waals surface area contributed by atoms with Crippen molar-refractivity contribution in [3.05, 3.63) is 242 Å². The van der Waals surface area contributed by atoms with E-state index in [1.54, 1.807) is 73.2 Å². The standard InChI is InChI=1S/C19H14Cl2FN3O2.C19H14ClF2N3O2.C13H11BrClN3O2.C13H11Cl2N3O2.C12H9ClFN3O2/c20-12-3-1-2-10(6-12)9-25-18(26)15(24-19(25)27)7-11-8-23-17-13(11)4-5-14(22)16(17)21;20-16-14(22)6-5-13-11(8-23-17(13)16)7-15-18(26)25(19(27)24-15)9-10-1-3-12(21)4-2-10;1-18-12(19)9(16-13(18)20)5-7-6-3-2-4-8(15)10(6)17-11(7)14;1-18-12(19)9(16-13(18)20)5-7-6-3-2-4-8(14)10(6)17-11(7)15;13-9-7(14)2-1-6-5(4-15-10(6)9)3-8-11(18)17-12(19)16-8/h2*1-6,8,15,23H,7,9H2,(H,24,27);2*2-4,9,17H,5H2,1H3,(H,16,20);1-2,4,8,15H,3H2,(H2,16,17,18,19)/t2*15-;2*9-;8-/m11111/s1. The number of urea groups is 5. The van der Waals surface area contributed by atoms with Gasteiger partial charge in [0.05, 0.1) is 55.3 Å². The van der Waals surface area contributed by atoms with Crippen LogP contribution in [0.4, 0.5) is 41.5 Å². The van der Waals surface area contributed by atoms with Crippen molar-refractivity contribution in [2.45, 2.75) is 75.4 Å². The number of nitrogens with one attached hydrogen (secondary N) is 11. The molecule has 17 rings (SSSR count). The van der Waals surface area contributed by atoms with Gasteiger partial charge in [0.25, 0.3) is 29.5 Å². The van der Waals surface area contributed by atoms with Crippen molar-refractivity contribution in [1.82, 2.24) is 76.4 Å². The highest BCUT2D eigenvalue weighted by molar-refractivity contribution is 9.10. The molecule has 5 atom stereocenters. The number of fused-ring (bicyclic) bond motifs is 5. The van der Waals surface area contributed by atoms with Gasteiger partial charge < -0.3 is 51.5 Å². The van der Waals surface area contributed by atoms with E-state index in [1.807, 2.05) is 24.3 Å². The van der Waals surface area contributed by atoms with Crippen LogP contribution in [0.2, 0.25) is 35.3 Å². The number of halogens is 12. The van der Waals surface area contributed by atoms with Crippen LogP contribution in [-0.2, 0) is 69.2 Å². The van der Waals surface area contributed by atoms with Gasteiger partial charge in [-0.15, -0.1) is 0 Å². The summed E-state index contributed by atoms with van der Waals surface area (Å²) in [6.07, 6.45) is 6.56. The van der Waals surface area contributed by atoms with Crippen molar-refractivity contribution in [3.8, 4) is 0 Å². The second-order valence-electron chi connectivity index (χ2n) is 26.4. The fraction of sp³-hybridized carbons (Fsp3) is 0.184. The molecule has 0 saturated carbocycles. The van der Waals surface area contributed by atoms with E-state index in [0.29, 0.717) is 67.0 Å². The van der Waals surface area contributed by atoms with Crippen molar-refractivity contribution in [2.75, 3.05) is 14.1 Å². The Hall–Kier alpha value is -10.8. The zero-order valence-corrected chi connectivity index (χ0v) is 65.4. The zero-order chi connectivity index (χ0) is 80.7. The number of benzene rings is 7. The number of H-pyrrole nitrogens is 5. The largest absolute Gasteiger partial charge is 0.360 e. The van der Waals surface area contributed by atoms with Gasteiger partial charge in [0, 0.05) is 96.7 Å². The first-order valence-electron chi connectivity index (χ1n) is 34.1. The molecule has 5 saturated heterocycles. The van der Waals surface area contributed by atoms with Crippen LogP contribution in [0.25, 0.3) is 54.5 Å². The number of nitrogens with zero attached hydrogens (tertiary/aromatic N) is 4. The molecule has 11 N–H and O–H groups in total. The molecule has 0 unspecified atom stereocenters. The predicted molar refractivity (Wildman–Crippen MR) is 422 cm³/mol. The van der Waals surface area contributed by atoms with E-state index in [4.69, 9.17) is 81.2 Å². The maximum absolute atomic E-state index is 13.6. The van der Waals surface area contributed by atoms with Gasteiger partial charge in [-0.3, -0.25) is 48.9 Å². The minimum atomic E-state index is -0.735. The smallest absolute Gasteiger partial charge is 0.325 e. The van der Waals surface area contributed by atoms with Crippen LogP contribution in [0.15, 0.2) is 145 Å². The van der Waals surface area contributed by atoms with E-state index >= 15 is 0 Å². The molecule has 37 heteroatoms. The first-order valence-corrected chi connectivity index (χ1v) is 37.6. The van der Waals surface area contributed by atoms with Crippen molar-refractivity contribution in [2.24, 2.45) is 0 Å². The minimum Gasteiger partial charge on any atom is -0.360 e. The SMILES string of the molecule is CN1C(=O)N[C@H](Cc2c(Br)[nH]c3c(Cl)cccc23)C1=O.CN1C(=O)N[C@H](Cc2c(Cl)[nH]c3c(Cl)cccc23)C1=O.O=C1NC(=O)[C@@H](Cc2c[nH]c3c(Cl)c(F)ccc23)N1.O=C1N[C@H](Cc2c[nH]c3c(Cl)c(F)ccc23)C(=O)N1Cc1ccc(F)cc1.O=C1N[C@H](Cc2c[nH]c3c(Cl)c(F)ccc23)C(=O)N1Cc1cccc(Cl)c1. The molecule has 0 radical (unpaired) electrons. The Bertz CT molecular complexity index is 5780. The molecule has 25 nitrogen and oxygen atoms in total. The molecule has 0 bridgehead atoms. The van der Waals surface area contributed by atoms with Gasteiger partial charge in [0.1, 0.15) is 73.7 Å². The van der Waals surface area contributed by atoms with Crippen molar-refractivity contribution in [3.63, 3.8) is 0 Å². The molecule has 5 aliphatic rings.